The summed E-state index contributed by atoms with van der Waals surface area (Å²) < 4.78 is 25.2. The Hall–Kier alpha value is -7.34. The Morgan fingerprint density at radius 2 is 0.744 bits per heavy atom. The number of para-hydroxylation sites is 6. The fourth-order valence-electron chi connectivity index (χ4n) is 12.3. The molecule has 0 spiro atoms. The minimum Gasteiger partial charge on any atom is -0.492 e. The molecule has 6 aromatic carbocycles. The maximum atomic E-state index is 6.00. The Balaban J connectivity index is 0.000000138. The second-order valence-electron chi connectivity index (χ2n) is 23.3. The zero-order valence-corrected chi connectivity index (χ0v) is 50.2. The molecule has 0 unspecified atom stereocenters. The van der Waals surface area contributed by atoms with Crippen LogP contribution in [0.4, 0.5) is 17.1 Å². The maximum Gasteiger partial charge on any atom is 0.189 e. The molecule has 0 amide bonds. The highest BCUT2D eigenvalue weighted by Crippen LogP contribution is 2.49. The number of piperazine rings is 1. The van der Waals surface area contributed by atoms with Crippen LogP contribution in [0.15, 0.2) is 199 Å². The Kier molecular flexibility index (Phi) is 19.2. The van der Waals surface area contributed by atoms with Crippen molar-refractivity contribution in [3.05, 3.63) is 216 Å². The Labute approximate surface area is 493 Å². The van der Waals surface area contributed by atoms with Crippen molar-refractivity contribution in [1.29, 1.82) is 0 Å². The number of hydrogen-bond acceptors (Lipinski definition) is 8. The highest BCUT2D eigenvalue weighted by molar-refractivity contribution is 7.99. The summed E-state index contributed by atoms with van der Waals surface area (Å²) in [4.78, 5) is 7.29. The van der Waals surface area contributed by atoms with Gasteiger partial charge in [-0.05, 0) is 71.3 Å². The number of fused-ring (bicyclic) bond motifs is 3. The fourth-order valence-corrected chi connectivity index (χ4v) is 13.2. The smallest absolute Gasteiger partial charge is 0.189 e. The molecule has 10 nitrogen and oxygen atoms in total. The van der Waals surface area contributed by atoms with Crippen LogP contribution in [0.25, 0.3) is 0 Å². The van der Waals surface area contributed by atoms with E-state index in [4.69, 9.17) is 14.2 Å². The molecule has 6 aliphatic rings. The molecule has 6 aliphatic heterocycles. The van der Waals surface area contributed by atoms with Crippen LogP contribution >= 0.6 is 11.8 Å². The minimum atomic E-state index is -0.0200. The van der Waals surface area contributed by atoms with E-state index in [-0.39, 0.29) is 16.2 Å². The van der Waals surface area contributed by atoms with E-state index in [1.165, 1.54) is 82.5 Å². The predicted molar refractivity (Wildman–Crippen MR) is 343 cm³/mol. The number of hydrogen-bond donors (Lipinski definition) is 1. The monoisotopic (exact) mass is 1120 g/mol. The largest absolute Gasteiger partial charge is 0.492 e. The van der Waals surface area contributed by atoms with E-state index in [1.807, 2.05) is 103 Å². The van der Waals surface area contributed by atoms with Crippen molar-refractivity contribution >= 4 is 47.5 Å². The van der Waals surface area contributed by atoms with Gasteiger partial charge in [0.05, 0.1) is 38.5 Å². The molecule has 0 radical (unpaired) electrons. The molecule has 0 aromatic heterocycles. The second-order valence-corrected chi connectivity index (χ2v) is 24.4. The van der Waals surface area contributed by atoms with E-state index < -0.39 is 0 Å². The van der Waals surface area contributed by atoms with Crippen molar-refractivity contribution in [3.63, 3.8) is 0 Å². The molecule has 1 N–H and O–H groups in total. The first-order valence-electron chi connectivity index (χ1n) is 29.8. The van der Waals surface area contributed by atoms with Gasteiger partial charge in [-0.2, -0.15) is 0 Å². The van der Waals surface area contributed by atoms with E-state index in [1.54, 1.807) is 0 Å². The molecular weight excluding hydrogens is 1030 g/mol. The maximum absolute atomic E-state index is 6.00. The van der Waals surface area contributed by atoms with Crippen LogP contribution in [0.5, 0.6) is 17.2 Å². The summed E-state index contributed by atoms with van der Waals surface area (Å²) in [6.45, 7) is 26.1. The van der Waals surface area contributed by atoms with Crippen molar-refractivity contribution < 1.29 is 27.9 Å². The van der Waals surface area contributed by atoms with E-state index in [2.05, 4.69) is 185 Å². The van der Waals surface area contributed by atoms with E-state index in [9.17, 15) is 0 Å². The summed E-state index contributed by atoms with van der Waals surface area (Å²) in [5.41, 5.74) is 12.1. The second kappa shape index (κ2) is 27.2. The standard InChI is InChI=1S/C24H30N3O.C24H29N2O.C23H27N2OS/c1-24(2)21-10-6-7-11-22(21)27(18-19-28-20-8-4-3-5-9-20)23(24)12-15-26-16-13-25-14-17-26;1-24(2)21-12-6-7-13-22(21)26(18-19-27-20-10-4-3-5-11-20)23(24)14-17-25-15-8-9-16-25;1-23(2)20-10-6-7-11-21(20)25(14-16-26-19-8-4-3-5-9-19)22(23)12-13-24-15-17-27-18-24/h3-12,15,25H,13-14,16-19H2,1-2H3;3-7,10-14,17H,8-9,15-16,18-19H2,1-2H3;3-13H,14-18H2,1-2H3/q3*+1. The first-order chi connectivity index (χ1) is 40.0. The first kappa shape index (κ1) is 57.9. The highest BCUT2D eigenvalue weighted by atomic mass is 32.2. The van der Waals surface area contributed by atoms with Crippen LogP contribution in [0.2, 0.25) is 0 Å². The van der Waals surface area contributed by atoms with Crippen LogP contribution in [0.1, 0.15) is 71.1 Å². The number of nitrogens with one attached hydrogen (secondary N) is 1. The van der Waals surface area contributed by atoms with Gasteiger partial charge >= 0.3 is 0 Å². The van der Waals surface area contributed by atoms with Crippen LogP contribution in [-0.4, -0.2) is 129 Å². The highest BCUT2D eigenvalue weighted by Gasteiger charge is 2.42. The Morgan fingerprint density at radius 1 is 0.415 bits per heavy atom. The average molecular weight is 1120 g/mol. The summed E-state index contributed by atoms with van der Waals surface area (Å²) in [5, 5.41) is 3.42. The number of ether oxygens (including phenoxy) is 3. The van der Waals surface area contributed by atoms with E-state index in [0.717, 1.165) is 75.5 Å². The van der Waals surface area contributed by atoms with Gasteiger partial charge in [-0.15, -0.1) is 0 Å². The molecule has 0 aliphatic carbocycles. The Bertz CT molecular complexity index is 3110. The lowest BCUT2D eigenvalue weighted by molar-refractivity contribution is -0.527. The lowest BCUT2D eigenvalue weighted by Crippen LogP contribution is -2.38. The number of nitrogens with zero attached hydrogens (tertiary/aromatic N) is 6. The summed E-state index contributed by atoms with van der Waals surface area (Å²) in [5.74, 6) is 5.09. The molecule has 426 valence electrons. The third-order valence-electron chi connectivity index (χ3n) is 16.8. The molecular formula is C71H86N7O3S+3. The van der Waals surface area contributed by atoms with E-state index in [0.29, 0.717) is 19.8 Å². The van der Waals surface area contributed by atoms with Gasteiger partial charge in [-0.25, -0.2) is 13.7 Å². The van der Waals surface area contributed by atoms with Crippen molar-refractivity contribution in [1.82, 2.24) is 5.32 Å². The van der Waals surface area contributed by atoms with Crippen LogP contribution < -0.4 is 34.2 Å². The zero-order valence-electron chi connectivity index (χ0n) is 49.4. The number of benzene rings is 6. The lowest BCUT2D eigenvalue weighted by Gasteiger charge is -2.26. The number of allylic oxidation sites excluding steroid dienone is 6. The predicted octanol–water partition coefficient (Wildman–Crippen LogP) is 12.6. The summed E-state index contributed by atoms with van der Waals surface area (Å²) in [6.07, 6.45) is 16.4. The van der Waals surface area contributed by atoms with Crippen LogP contribution in [0, 0.1) is 0 Å². The van der Waals surface area contributed by atoms with Gasteiger partial charge in [0.1, 0.15) is 50.2 Å². The molecule has 0 atom stereocenters. The van der Waals surface area contributed by atoms with Crippen LogP contribution in [-0.2, 0) is 16.2 Å². The van der Waals surface area contributed by atoms with Crippen molar-refractivity contribution in [2.45, 2.75) is 70.6 Å². The van der Waals surface area contributed by atoms with Crippen molar-refractivity contribution in [3.8, 4) is 17.2 Å². The van der Waals surface area contributed by atoms with Gasteiger partial charge in [0.2, 0.25) is 0 Å². The molecule has 0 saturated carbocycles. The van der Waals surface area contributed by atoms with Gasteiger partial charge in [0, 0.05) is 81.5 Å². The third kappa shape index (κ3) is 13.8. The van der Waals surface area contributed by atoms with Crippen molar-refractivity contribution in [2.75, 3.05) is 112 Å². The topological polar surface area (TPSA) is 58.5 Å². The van der Waals surface area contributed by atoms with E-state index >= 15 is 0 Å². The lowest BCUT2D eigenvalue weighted by atomic mass is 9.84. The number of anilines is 3. The summed E-state index contributed by atoms with van der Waals surface area (Å²) in [7, 11) is 0. The third-order valence-corrected chi connectivity index (χ3v) is 17.8. The summed E-state index contributed by atoms with van der Waals surface area (Å²) >= 11 is 2.00. The van der Waals surface area contributed by atoms with Crippen LogP contribution in [0.3, 0.4) is 0 Å². The molecule has 82 heavy (non-hydrogen) atoms. The quantitative estimate of drug-likeness (QED) is 0.102. The molecule has 12 rings (SSSR count). The molecule has 6 aromatic rings. The average Bonchev–Trinajstić information content (AvgIpc) is 4.53. The van der Waals surface area contributed by atoms with Gasteiger partial charge in [0.15, 0.2) is 44.2 Å². The van der Waals surface area contributed by atoms with Crippen molar-refractivity contribution in [2.24, 2.45) is 0 Å². The SMILES string of the molecule is CC1(C)C(=CC=[N+]2CCCC2)N(CCOc2ccccc2)c2ccccc21.CC1(C)C(=CC=[N+]2CCNCC2)N(CCOc2ccccc2)c2ccccc21.CC1(C)C(=CC=[N+]2CCSC2)N(CCOc2ccccc2)c2ccccc21. The first-order valence-corrected chi connectivity index (χ1v) is 31.0. The molecule has 0 bridgehead atoms. The number of thioether (sulfide) groups is 1. The minimum absolute atomic E-state index is 0.000432. The van der Waals surface area contributed by atoms with Gasteiger partial charge in [0.25, 0.3) is 0 Å². The molecule has 3 fully saturated rings. The molecule has 3 saturated heterocycles. The molecule has 11 heteroatoms. The normalized spacial score (nSPS) is 20.0. The fraction of sp³-hybridized carbons (Fsp3) is 0.366. The van der Waals surface area contributed by atoms with Gasteiger partial charge in [-0.1, -0.05) is 162 Å². The Morgan fingerprint density at radius 3 is 1.10 bits per heavy atom. The summed E-state index contributed by atoms with van der Waals surface area (Å²) in [6, 6.07) is 56.5. The number of rotatable bonds is 15. The van der Waals surface area contributed by atoms with Gasteiger partial charge < -0.3 is 34.2 Å². The zero-order chi connectivity index (χ0) is 56.8. The molecule has 6 heterocycles. The van der Waals surface area contributed by atoms with Gasteiger partial charge in [-0.3, -0.25) is 0 Å².